The lowest BCUT2D eigenvalue weighted by Crippen LogP contribution is -2.34. The summed E-state index contributed by atoms with van der Waals surface area (Å²) in [6.07, 6.45) is 3.32. The van der Waals surface area contributed by atoms with E-state index >= 15 is 0 Å². The van der Waals surface area contributed by atoms with E-state index in [1.54, 1.807) is 12.1 Å². The van der Waals surface area contributed by atoms with Crippen LogP contribution in [-0.4, -0.2) is 45.2 Å². The molecular formula is C20H22FN5. The quantitative estimate of drug-likeness (QED) is 0.765. The highest BCUT2D eigenvalue weighted by Gasteiger charge is 2.20. The number of rotatable bonds is 5. The number of aromatic amines is 1. The number of likely N-dealkylation sites (tertiary alicyclic amines) is 1. The minimum atomic E-state index is -0.167. The Morgan fingerprint density at radius 2 is 1.73 bits per heavy atom. The van der Waals surface area contributed by atoms with Gasteiger partial charge in [0, 0.05) is 12.1 Å². The first-order chi connectivity index (χ1) is 12.8. The largest absolute Gasteiger partial charge is 0.303 e. The van der Waals surface area contributed by atoms with Crippen molar-refractivity contribution in [3.8, 4) is 11.4 Å². The molecule has 3 aromatic rings. The molecule has 1 aliphatic heterocycles. The van der Waals surface area contributed by atoms with Gasteiger partial charge in [0.15, 0.2) is 0 Å². The smallest absolute Gasteiger partial charge is 0.204 e. The number of hydrogen-bond acceptors (Lipinski definition) is 4. The predicted molar refractivity (Wildman–Crippen MR) is 98.1 cm³/mol. The van der Waals surface area contributed by atoms with Gasteiger partial charge in [-0.25, -0.2) is 4.39 Å². The number of nitrogens with zero attached hydrogens (tertiary/aromatic N) is 4. The van der Waals surface area contributed by atoms with Crippen LogP contribution in [0.2, 0.25) is 0 Å². The zero-order chi connectivity index (χ0) is 17.8. The molecule has 0 atom stereocenters. The Labute approximate surface area is 152 Å². The Bertz CT molecular complexity index is 806. The summed E-state index contributed by atoms with van der Waals surface area (Å²) < 4.78 is 13.0. The molecule has 0 bridgehead atoms. The Kier molecular flexibility index (Phi) is 5.02. The van der Waals surface area contributed by atoms with Crippen LogP contribution in [0.15, 0.2) is 48.5 Å². The minimum Gasteiger partial charge on any atom is -0.303 e. The lowest BCUT2D eigenvalue weighted by atomic mass is 9.89. The highest BCUT2D eigenvalue weighted by Crippen LogP contribution is 2.29. The maximum Gasteiger partial charge on any atom is 0.204 e. The van der Waals surface area contributed by atoms with Crippen LogP contribution in [0.4, 0.5) is 4.39 Å². The lowest BCUT2D eigenvalue weighted by molar-refractivity contribution is 0.214. The average Bonchev–Trinajstić information content (AvgIpc) is 3.23. The number of aromatic nitrogens is 4. The van der Waals surface area contributed by atoms with Gasteiger partial charge in [-0.05, 0) is 66.7 Å². The van der Waals surface area contributed by atoms with Crippen molar-refractivity contribution in [3.63, 3.8) is 0 Å². The number of piperidine rings is 1. The summed E-state index contributed by atoms with van der Waals surface area (Å²) >= 11 is 0. The highest BCUT2D eigenvalue weighted by atomic mass is 19.1. The maximum absolute atomic E-state index is 13.0. The van der Waals surface area contributed by atoms with Crippen LogP contribution in [0.25, 0.3) is 11.4 Å². The van der Waals surface area contributed by atoms with Crippen LogP contribution in [0.3, 0.4) is 0 Å². The molecule has 2 heterocycles. The molecule has 4 rings (SSSR count). The summed E-state index contributed by atoms with van der Waals surface area (Å²) in [6.45, 7) is 3.26. The molecule has 1 saturated heterocycles. The monoisotopic (exact) mass is 351 g/mol. The number of tetrazole rings is 1. The summed E-state index contributed by atoms with van der Waals surface area (Å²) in [5.74, 6) is 1.07. The highest BCUT2D eigenvalue weighted by molar-refractivity contribution is 5.54. The molecule has 1 fully saturated rings. The van der Waals surface area contributed by atoms with Crippen LogP contribution in [0.5, 0.6) is 0 Å². The van der Waals surface area contributed by atoms with Gasteiger partial charge in [-0.1, -0.05) is 36.4 Å². The van der Waals surface area contributed by atoms with Gasteiger partial charge in [0.1, 0.15) is 5.82 Å². The second-order valence-electron chi connectivity index (χ2n) is 6.85. The summed E-state index contributed by atoms with van der Waals surface area (Å²) in [6, 6.07) is 15.4. The Morgan fingerprint density at radius 3 is 2.38 bits per heavy atom. The summed E-state index contributed by atoms with van der Waals surface area (Å²) in [7, 11) is 0. The van der Waals surface area contributed by atoms with Crippen LogP contribution < -0.4 is 0 Å². The van der Waals surface area contributed by atoms with E-state index in [1.807, 2.05) is 12.1 Å². The third-order valence-electron chi connectivity index (χ3n) is 5.20. The molecule has 0 radical (unpaired) electrons. The second-order valence-corrected chi connectivity index (χ2v) is 6.85. The molecule has 1 aliphatic rings. The third kappa shape index (κ3) is 3.96. The van der Waals surface area contributed by atoms with Crippen LogP contribution >= 0.6 is 0 Å². The van der Waals surface area contributed by atoms with Crippen molar-refractivity contribution in [2.24, 2.45) is 0 Å². The lowest BCUT2D eigenvalue weighted by Gasteiger charge is -2.32. The van der Waals surface area contributed by atoms with Crippen molar-refractivity contribution in [2.75, 3.05) is 19.6 Å². The van der Waals surface area contributed by atoms with E-state index in [-0.39, 0.29) is 5.82 Å². The predicted octanol–water partition coefficient (Wildman–Crippen LogP) is 3.43. The first-order valence-electron chi connectivity index (χ1n) is 9.08. The van der Waals surface area contributed by atoms with E-state index in [1.165, 1.54) is 24.0 Å². The molecule has 1 aromatic heterocycles. The fourth-order valence-corrected chi connectivity index (χ4v) is 3.62. The fourth-order valence-electron chi connectivity index (χ4n) is 3.62. The minimum absolute atomic E-state index is 0.167. The van der Waals surface area contributed by atoms with Crippen LogP contribution in [0.1, 0.15) is 29.9 Å². The van der Waals surface area contributed by atoms with Gasteiger partial charge in [0.05, 0.1) is 0 Å². The fraction of sp³-hybridized carbons (Fsp3) is 0.350. The van der Waals surface area contributed by atoms with Gasteiger partial charge in [-0.15, -0.1) is 10.2 Å². The molecule has 6 heteroatoms. The van der Waals surface area contributed by atoms with E-state index in [4.69, 9.17) is 0 Å². The van der Waals surface area contributed by atoms with Gasteiger partial charge >= 0.3 is 0 Å². The summed E-state index contributed by atoms with van der Waals surface area (Å²) in [4.78, 5) is 2.51. The summed E-state index contributed by atoms with van der Waals surface area (Å²) in [5, 5.41) is 14.1. The Hall–Kier alpha value is -2.60. The van der Waals surface area contributed by atoms with Gasteiger partial charge in [0.25, 0.3) is 0 Å². The van der Waals surface area contributed by atoms with Crippen molar-refractivity contribution >= 4 is 0 Å². The number of hydrogen-bond donors (Lipinski definition) is 1. The molecule has 134 valence electrons. The first kappa shape index (κ1) is 16.8. The molecule has 0 aliphatic carbocycles. The van der Waals surface area contributed by atoms with Gasteiger partial charge < -0.3 is 4.90 Å². The van der Waals surface area contributed by atoms with E-state index in [9.17, 15) is 4.39 Å². The maximum atomic E-state index is 13.0. The topological polar surface area (TPSA) is 57.7 Å². The number of benzene rings is 2. The van der Waals surface area contributed by atoms with Gasteiger partial charge in [-0.2, -0.15) is 5.21 Å². The molecule has 26 heavy (non-hydrogen) atoms. The van der Waals surface area contributed by atoms with Crippen molar-refractivity contribution in [1.82, 2.24) is 25.5 Å². The number of halogens is 1. The van der Waals surface area contributed by atoms with Gasteiger partial charge in [0.2, 0.25) is 5.82 Å². The van der Waals surface area contributed by atoms with Crippen molar-refractivity contribution in [2.45, 2.75) is 25.2 Å². The molecule has 5 nitrogen and oxygen atoms in total. The summed E-state index contributed by atoms with van der Waals surface area (Å²) in [5.41, 5.74) is 3.57. The first-order valence-corrected chi connectivity index (χ1v) is 9.08. The van der Waals surface area contributed by atoms with E-state index in [2.05, 4.69) is 49.8 Å². The second kappa shape index (κ2) is 7.74. The van der Waals surface area contributed by atoms with E-state index in [0.717, 1.165) is 31.6 Å². The molecule has 1 N–H and O–H groups in total. The third-order valence-corrected chi connectivity index (χ3v) is 5.20. The molecule has 0 spiro atoms. The van der Waals surface area contributed by atoms with Crippen molar-refractivity contribution < 1.29 is 4.39 Å². The molecule has 0 saturated carbocycles. The number of H-pyrrole nitrogens is 1. The standard InChI is InChI=1S/C20H22FN5/c21-19-7-1-15(2-8-19)9-12-26-13-10-17(11-14-26)16-3-5-18(6-4-16)20-22-24-25-23-20/h1-8,17H,9-14H2,(H,22,23,24,25). The normalized spacial score (nSPS) is 16.0. The molecule has 0 amide bonds. The Balaban J connectivity index is 1.28. The van der Waals surface area contributed by atoms with Crippen LogP contribution in [-0.2, 0) is 6.42 Å². The zero-order valence-corrected chi connectivity index (χ0v) is 14.6. The number of nitrogens with one attached hydrogen (secondary N) is 1. The van der Waals surface area contributed by atoms with Crippen LogP contribution in [0, 0.1) is 5.82 Å². The van der Waals surface area contributed by atoms with Gasteiger partial charge in [-0.3, -0.25) is 0 Å². The molecule has 0 unspecified atom stereocenters. The molecule has 2 aromatic carbocycles. The van der Waals surface area contributed by atoms with E-state index < -0.39 is 0 Å². The zero-order valence-electron chi connectivity index (χ0n) is 14.6. The Morgan fingerprint density at radius 1 is 1.00 bits per heavy atom. The SMILES string of the molecule is Fc1ccc(CCN2CCC(c3ccc(-c4nn[nH]n4)cc3)CC2)cc1. The van der Waals surface area contributed by atoms with Crippen molar-refractivity contribution in [1.29, 1.82) is 0 Å². The van der Waals surface area contributed by atoms with E-state index in [0.29, 0.717) is 11.7 Å². The molecular weight excluding hydrogens is 329 g/mol. The van der Waals surface area contributed by atoms with Crippen molar-refractivity contribution in [3.05, 3.63) is 65.5 Å². The average molecular weight is 351 g/mol.